The summed E-state index contributed by atoms with van der Waals surface area (Å²) in [6, 6.07) is 0.218. The predicted octanol–water partition coefficient (Wildman–Crippen LogP) is -0.229. The SMILES string of the molecule is O=C(N1CC2(COC2)C1)N1CC2(COC2)C1. The summed E-state index contributed by atoms with van der Waals surface area (Å²) < 4.78 is 10.4. The van der Waals surface area contributed by atoms with E-state index in [-0.39, 0.29) is 6.03 Å². The first-order chi connectivity index (χ1) is 7.71. The Balaban J connectivity index is 1.31. The molecule has 0 aliphatic carbocycles. The van der Waals surface area contributed by atoms with E-state index in [1.165, 1.54) is 0 Å². The zero-order chi connectivity index (χ0) is 10.8. The molecule has 16 heavy (non-hydrogen) atoms. The number of ether oxygens (including phenoxy) is 2. The lowest BCUT2D eigenvalue weighted by molar-refractivity contribution is -0.195. The van der Waals surface area contributed by atoms with Crippen molar-refractivity contribution in [1.29, 1.82) is 0 Å². The fourth-order valence-corrected chi connectivity index (χ4v) is 3.14. The highest BCUT2D eigenvalue weighted by Gasteiger charge is 2.55. The average molecular weight is 224 g/mol. The number of amides is 2. The topological polar surface area (TPSA) is 42.0 Å². The average Bonchev–Trinajstić information content (AvgIpc) is 1.92. The van der Waals surface area contributed by atoms with Crippen LogP contribution in [-0.2, 0) is 9.47 Å². The van der Waals surface area contributed by atoms with Gasteiger partial charge in [-0.3, -0.25) is 0 Å². The van der Waals surface area contributed by atoms with E-state index in [1.807, 2.05) is 9.80 Å². The van der Waals surface area contributed by atoms with Crippen LogP contribution in [0, 0.1) is 10.8 Å². The van der Waals surface area contributed by atoms with Crippen molar-refractivity contribution in [2.24, 2.45) is 10.8 Å². The molecular formula is C11H16N2O3. The van der Waals surface area contributed by atoms with E-state index in [2.05, 4.69) is 0 Å². The maximum atomic E-state index is 12.0. The van der Waals surface area contributed by atoms with Gasteiger partial charge in [-0.25, -0.2) is 4.79 Å². The van der Waals surface area contributed by atoms with Gasteiger partial charge in [-0.05, 0) is 0 Å². The van der Waals surface area contributed by atoms with Gasteiger partial charge in [0.15, 0.2) is 0 Å². The third-order valence-electron chi connectivity index (χ3n) is 4.28. The van der Waals surface area contributed by atoms with Gasteiger partial charge in [-0.1, -0.05) is 0 Å². The first-order valence-electron chi connectivity index (χ1n) is 5.90. The lowest BCUT2D eigenvalue weighted by Gasteiger charge is -2.59. The van der Waals surface area contributed by atoms with Crippen molar-refractivity contribution in [2.75, 3.05) is 52.6 Å². The molecule has 5 heteroatoms. The fraction of sp³-hybridized carbons (Fsp3) is 0.909. The summed E-state index contributed by atoms with van der Waals surface area (Å²) in [7, 11) is 0. The molecule has 4 heterocycles. The standard InChI is InChI=1S/C11H16N2O3/c14-9(12-1-10(2-12)5-15-6-10)13-3-11(4-13)7-16-8-11/h1-8H2. The Morgan fingerprint density at radius 2 is 1.19 bits per heavy atom. The van der Waals surface area contributed by atoms with Gasteiger partial charge in [-0.15, -0.1) is 0 Å². The lowest BCUT2D eigenvalue weighted by atomic mass is 9.76. The lowest BCUT2D eigenvalue weighted by Crippen LogP contribution is -2.73. The molecule has 0 N–H and O–H groups in total. The van der Waals surface area contributed by atoms with Crippen molar-refractivity contribution >= 4 is 6.03 Å². The number of urea groups is 1. The summed E-state index contributed by atoms with van der Waals surface area (Å²) in [5.74, 6) is 0. The molecule has 0 radical (unpaired) electrons. The van der Waals surface area contributed by atoms with Gasteiger partial charge in [0.1, 0.15) is 0 Å². The Labute approximate surface area is 94.3 Å². The van der Waals surface area contributed by atoms with Crippen LogP contribution in [0.2, 0.25) is 0 Å². The van der Waals surface area contributed by atoms with E-state index in [4.69, 9.17) is 9.47 Å². The van der Waals surface area contributed by atoms with Crippen molar-refractivity contribution in [3.05, 3.63) is 0 Å². The molecule has 0 saturated carbocycles. The molecule has 5 nitrogen and oxygen atoms in total. The molecule has 4 fully saturated rings. The van der Waals surface area contributed by atoms with Crippen molar-refractivity contribution in [3.63, 3.8) is 0 Å². The summed E-state index contributed by atoms with van der Waals surface area (Å²) in [4.78, 5) is 15.9. The molecule has 0 aromatic rings. The second-order valence-corrected chi connectivity index (χ2v) is 5.98. The van der Waals surface area contributed by atoms with Gasteiger partial charge in [0.05, 0.1) is 37.3 Å². The molecule has 0 aromatic heterocycles. The number of likely N-dealkylation sites (tertiary alicyclic amines) is 2. The Hall–Kier alpha value is -0.810. The number of hydrogen-bond donors (Lipinski definition) is 0. The molecule has 2 amide bonds. The quantitative estimate of drug-likeness (QED) is 0.571. The van der Waals surface area contributed by atoms with Crippen molar-refractivity contribution < 1.29 is 14.3 Å². The summed E-state index contributed by atoms with van der Waals surface area (Å²) >= 11 is 0. The molecule has 4 aliphatic heterocycles. The van der Waals surface area contributed by atoms with Gasteiger partial charge >= 0.3 is 6.03 Å². The Morgan fingerprint density at radius 3 is 1.44 bits per heavy atom. The van der Waals surface area contributed by atoms with Crippen LogP contribution < -0.4 is 0 Å². The summed E-state index contributed by atoms with van der Waals surface area (Å²) in [5.41, 5.74) is 0.662. The molecule has 2 spiro atoms. The van der Waals surface area contributed by atoms with Crippen LogP contribution in [0.25, 0.3) is 0 Å². The predicted molar refractivity (Wildman–Crippen MR) is 55.0 cm³/mol. The first kappa shape index (κ1) is 9.24. The van der Waals surface area contributed by atoms with Gasteiger partial charge in [0, 0.05) is 26.2 Å². The van der Waals surface area contributed by atoms with Gasteiger partial charge in [-0.2, -0.15) is 0 Å². The number of carbonyl (C=O) groups is 1. The van der Waals surface area contributed by atoms with Crippen molar-refractivity contribution in [3.8, 4) is 0 Å². The molecule has 0 unspecified atom stereocenters. The number of carbonyl (C=O) groups excluding carboxylic acids is 1. The number of rotatable bonds is 0. The van der Waals surface area contributed by atoms with Crippen LogP contribution in [0.3, 0.4) is 0 Å². The summed E-state index contributed by atoms with van der Waals surface area (Å²) in [6.45, 7) is 6.95. The van der Waals surface area contributed by atoms with Crippen LogP contribution in [0.4, 0.5) is 4.79 Å². The van der Waals surface area contributed by atoms with Gasteiger partial charge < -0.3 is 19.3 Å². The highest BCUT2D eigenvalue weighted by molar-refractivity contribution is 5.76. The molecule has 4 saturated heterocycles. The molecule has 4 rings (SSSR count). The monoisotopic (exact) mass is 224 g/mol. The maximum Gasteiger partial charge on any atom is 0.320 e. The van der Waals surface area contributed by atoms with E-state index >= 15 is 0 Å². The smallest absolute Gasteiger partial charge is 0.320 e. The van der Waals surface area contributed by atoms with Crippen LogP contribution in [0.15, 0.2) is 0 Å². The largest absolute Gasteiger partial charge is 0.380 e. The fourth-order valence-electron chi connectivity index (χ4n) is 3.14. The van der Waals surface area contributed by atoms with Crippen molar-refractivity contribution in [2.45, 2.75) is 0 Å². The Kier molecular flexibility index (Phi) is 1.56. The summed E-state index contributed by atoms with van der Waals surface area (Å²) in [5, 5.41) is 0. The number of hydrogen-bond acceptors (Lipinski definition) is 3. The van der Waals surface area contributed by atoms with E-state index in [0.717, 1.165) is 52.6 Å². The Morgan fingerprint density at radius 1 is 0.812 bits per heavy atom. The van der Waals surface area contributed by atoms with E-state index < -0.39 is 0 Å². The molecule has 4 aliphatic rings. The molecule has 88 valence electrons. The normalized spacial score (nSPS) is 32.8. The second-order valence-electron chi connectivity index (χ2n) is 5.98. The van der Waals surface area contributed by atoms with Crippen LogP contribution in [0.5, 0.6) is 0 Å². The zero-order valence-electron chi connectivity index (χ0n) is 9.28. The van der Waals surface area contributed by atoms with Crippen molar-refractivity contribution in [1.82, 2.24) is 9.80 Å². The molecule has 0 aromatic carbocycles. The third-order valence-corrected chi connectivity index (χ3v) is 4.28. The number of nitrogens with zero attached hydrogens (tertiary/aromatic N) is 2. The molecular weight excluding hydrogens is 208 g/mol. The second kappa shape index (κ2) is 2.71. The van der Waals surface area contributed by atoms with Gasteiger partial charge in [0.2, 0.25) is 0 Å². The highest BCUT2D eigenvalue weighted by Crippen LogP contribution is 2.41. The zero-order valence-corrected chi connectivity index (χ0v) is 9.28. The van der Waals surface area contributed by atoms with Gasteiger partial charge in [0.25, 0.3) is 0 Å². The first-order valence-corrected chi connectivity index (χ1v) is 5.90. The maximum absolute atomic E-state index is 12.0. The third kappa shape index (κ3) is 1.05. The van der Waals surface area contributed by atoms with Crippen LogP contribution in [-0.4, -0.2) is 68.4 Å². The minimum atomic E-state index is 0.218. The van der Waals surface area contributed by atoms with Crippen LogP contribution >= 0.6 is 0 Å². The molecule has 0 atom stereocenters. The molecule has 0 bridgehead atoms. The van der Waals surface area contributed by atoms with E-state index in [0.29, 0.717) is 10.8 Å². The Bertz CT molecular complexity index is 301. The summed E-state index contributed by atoms with van der Waals surface area (Å²) in [6.07, 6.45) is 0. The highest BCUT2D eigenvalue weighted by atomic mass is 16.5. The minimum absolute atomic E-state index is 0.218. The van der Waals surface area contributed by atoms with E-state index in [1.54, 1.807) is 0 Å². The van der Waals surface area contributed by atoms with E-state index in [9.17, 15) is 4.79 Å². The van der Waals surface area contributed by atoms with Crippen LogP contribution in [0.1, 0.15) is 0 Å². The minimum Gasteiger partial charge on any atom is -0.380 e.